The van der Waals surface area contributed by atoms with E-state index in [9.17, 15) is 9.59 Å². The van der Waals surface area contributed by atoms with Crippen LogP contribution in [0.1, 0.15) is 42.8 Å². The first kappa shape index (κ1) is 18.4. The summed E-state index contributed by atoms with van der Waals surface area (Å²) < 4.78 is 7.78. The lowest BCUT2D eigenvalue weighted by molar-refractivity contribution is -0.119. The fraction of sp³-hybridized carbons (Fsp3) is 0.429. The van der Waals surface area contributed by atoms with Crippen LogP contribution in [0.4, 0.5) is 0 Å². The lowest BCUT2D eigenvalue weighted by atomic mass is 9.87. The topological polar surface area (TPSA) is 51.5 Å². The van der Waals surface area contributed by atoms with Crippen LogP contribution in [0.2, 0.25) is 0 Å². The van der Waals surface area contributed by atoms with E-state index >= 15 is 0 Å². The average molecular weight is 354 g/mol. The lowest BCUT2D eigenvalue weighted by Gasteiger charge is -2.43. The summed E-state index contributed by atoms with van der Waals surface area (Å²) in [6.45, 7) is 7.41. The maximum absolute atomic E-state index is 13.1. The highest BCUT2D eigenvalue weighted by molar-refractivity contribution is 5.94. The molecule has 26 heavy (non-hydrogen) atoms. The highest BCUT2D eigenvalue weighted by Crippen LogP contribution is 2.33. The number of carbonyl (C=O) groups is 1. The van der Waals surface area contributed by atoms with Gasteiger partial charge in [-0.3, -0.25) is 9.59 Å². The Morgan fingerprint density at radius 1 is 1.08 bits per heavy atom. The van der Waals surface area contributed by atoms with Gasteiger partial charge in [0, 0.05) is 25.9 Å². The predicted octanol–water partition coefficient (Wildman–Crippen LogP) is 3.01. The number of hydrogen-bond acceptors (Lipinski definition) is 3. The van der Waals surface area contributed by atoms with Gasteiger partial charge in [-0.1, -0.05) is 51.1 Å². The predicted molar refractivity (Wildman–Crippen MR) is 101 cm³/mol. The zero-order chi connectivity index (χ0) is 18.9. The molecule has 1 fully saturated rings. The monoisotopic (exact) mass is 354 g/mol. The second-order valence-corrected chi connectivity index (χ2v) is 7.97. The molecule has 1 aromatic heterocycles. The fourth-order valence-electron chi connectivity index (χ4n) is 3.16. The van der Waals surface area contributed by atoms with E-state index in [1.807, 2.05) is 35.2 Å². The number of morpholine rings is 1. The van der Waals surface area contributed by atoms with Gasteiger partial charge in [-0.25, -0.2) is 0 Å². The number of aromatic nitrogens is 1. The molecule has 1 amide bonds. The normalized spacial score (nSPS) is 20.8. The molecule has 0 saturated carbocycles. The summed E-state index contributed by atoms with van der Waals surface area (Å²) in [5.74, 6) is -0.0703. The molecule has 1 saturated heterocycles. The Kier molecular flexibility index (Phi) is 5.01. The Hall–Kier alpha value is -2.40. The number of hydrogen-bond donors (Lipinski definition) is 0. The van der Waals surface area contributed by atoms with Crippen molar-refractivity contribution in [2.24, 2.45) is 12.5 Å². The number of aryl methyl sites for hydroxylation is 1. The van der Waals surface area contributed by atoms with Crippen molar-refractivity contribution in [1.29, 1.82) is 0 Å². The first-order valence-corrected chi connectivity index (χ1v) is 8.92. The van der Waals surface area contributed by atoms with Gasteiger partial charge in [-0.05, 0) is 17.0 Å². The quantitative estimate of drug-likeness (QED) is 0.833. The molecule has 0 bridgehead atoms. The molecule has 0 radical (unpaired) electrons. The Balaban J connectivity index is 1.90. The maximum atomic E-state index is 13.1. The van der Waals surface area contributed by atoms with E-state index in [4.69, 9.17) is 4.74 Å². The van der Waals surface area contributed by atoms with E-state index in [1.165, 1.54) is 10.6 Å². The van der Waals surface area contributed by atoms with Crippen LogP contribution in [-0.4, -0.2) is 34.6 Å². The van der Waals surface area contributed by atoms with Gasteiger partial charge in [-0.2, -0.15) is 0 Å². The first-order chi connectivity index (χ1) is 12.3. The molecule has 5 nitrogen and oxygen atoms in total. The van der Waals surface area contributed by atoms with Gasteiger partial charge in [0.05, 0.1) is 18.2 Å². The summed E-state index contributed by atoms with van der Waals surface area (Å²) in [5.41, 5.74) is 1.38. The van der Waals surface area contributed by atoms with Gasteiger partial charge in [0.1, 0.15) is 6.10 Å². The standard InChI is InChI=1S/C21H26N2O3/c1-21(2,3)18-14-23(13-17(26-18)15-8-6-5-7-9-15)20(25)16-10-11-19(24)22(4)12-16/h5-12,17-18H,13-14H2,1-4H3/t17-,18+/m0/s1. The van der Waals surface area contributed by atoms with Crippen LogP contribution in [0.3, 0.4) is 0 Å². The number of benzene rings is 1. The molecule has 2 aromatic rings. The molecule has 0 unspecified atom stereocenters. The minimum absolute atomic E-state index is 0.0703. The van der Waals surface area contributed by atoms with E-state index in [-0.39, 0.29) is 29.1 Å². The number of carbonyl (C=O) groups excluding carboxylic acids is 1. The number of nitrogens with zero attached hydrogens (tertiary/aromatic N) is 2. The van der Waals surface area contributed by atoms with Gasteiger partial charge in [0.15, 0.2) is 0 Å². The largest absolute Gasteiger partial charge is 0.366 e. The van der Waals surface area contributed by atoms with Crippen LogP contribution in [0.15, 0.2) is 53.5 Å². The second-order valence-electron chi connectivity index (χ2n) is 7.97. The molecule has 138 valence electrons. The van der Waals surface area contributed by atoms with Gasteiger partial charge >= 0.3 is 0 Å². The van der Waals surface area contributed by atoms with E-state index in [0.29, 0.717) is 18.7 Å². The van der Waals surface area contributed by atoms with Gasteiger partial charge in [0.2, 0.25) is 5.56 Å². The minimum Gasteiger partial charge on any atom is -0.366 e. The smallest absolute Gasteiger partial charge is 0.255 e. The van der Waals surface area contributed by atoms with Crippen LogP contribution in [0.5, 0.6) is 0 Å². The van der Waals surface area contributed by atoms with E-state index in [1.54, 1.807) is 19.3 Å². The molecular formula is C21H26N2O3. The number of ether oxygens (including phenoxy) is 1. The highest BCUT2D eigenvalue weighted by Gasteiger charge is 2.37. The third kappa shape index (κ3) is 3.88. The Bertz CT molecular complexity index is 836. The zero-order valence-corrected chi connectivity index (χ0v) is 15.8. The number of amides is 1. The highest BCUT2D eigenvalue weighted by atomic mass is 16.5. The number of rotatable bonds is 2. The lowest BCUT2D eigenvalue weighted by Crippen LogP contribution is -2.51. The molecule has 0 N–H and O–H groups in total. The molecule has 0 spiro atoms. The number of pyridine rings is 1. The van der Waals surface area contributed by atoms with Crippen LogP contribution >= 0.6 is 0 Å². The van der Waals surface area contributed by atoms with E-state index in [0.717, 1.165) is 5.56 Å². The van der Waals surface area contributed by atoms with Crippen LogP contribution in [0.25, 0.3) is 0 Å². The van der Waals surface area contributed by atoms with Crippen LogP contribution < -0.4 is 5.56 Å². The molecule has 0 aliphatic carbocycles. The average Bonchev–Trinajstić information content (AvgIpc) is 2.63. The van der Waals surface area contributed by atoms with Crippen molar-refractivity contribution in [3.63, 3.8) is 0 Å². The minimum atomic E-state index is -0.161. The van der Waals surface area contributed by atoms with Crippen molar-refractivity contribution in [2.45, 2.75) is 33.0 Å². The third-order valence-electron chi connectivity index (χ3n) is 4.86. The van der Waals surface area contributed by atoms with Crippen molar-refractivity contribution in [1.82, 2.24) is 9.47 Å². The Morgan fingerprint density at radius 2 is 1.77 bits per heavy atom. The van der Waals surface area contributed by atoms with Crippen molar-refractivity contribution in [3.8, 4) is 0 Å². The van der Waals surface area contributed by atoms with Crippen LogP contribution in [0, 0.1) is 5.41 Å². The molecule has 2 heterocycles. The Labute approximate surface area is 154 Å². The molecule has 2 atom stereocenters. The second kappa shape index (κ2) is 7.08. The van der Waals surface area contributed by atoms with Gasteiger partial charge < -0.3 is 14.2 Å². The SMILES string of the molecule is Cn1cc(C(=O)N2C[C@@H](c3ccccc3)O[C@@H](C(C)(C)C)C2)ccc1=O. The molecule has 3 rings (SSSR count). The summed E-state index contributed by atoms with van der Waals surface area (Å²) in [5, 5.41) is 0. The summed E-state index contributed by atoms with van der Waals surface area (Å²) in [6, 6.07) is 13.0. The fourth-order valence-corrected chi connectivity index (χ4v) is 3.16. The summed E-state index contributed by atoms with van der Waals surface area (Å²) in [4.78, 5) is 26.5. The first-order valence-electron chi connectivity index (χ1n) is 8.92. The summed E-state index contributed by atoms with van der Waals surface area (Å²) in [6.07, 6.45) is 1.37. The molecule has 1 aromatic carbocycles. The Morgan fingerprint density at radius 3 is 2.38 bits per heavy atom. The maximum Gasteiger partial charge on any atom is 0.255 e. The van der Waals surface area contributed by atoms with Crippen LogP contribution in [-0.2, 0) is 11.8 Å². The van der Waals surface area contributed by atoms with Crippen molar-refractivity contribution >= 4 is 5.91 Å². The summed E-state index contributed by atoms with van der Waals surface area (Å²) in [7, 11) is 1.66. The zero-order valence-electron chi connectivity index (χ0n) is 15.8. The van der Waals surface area contributed by atoms with E-state index < -0.39 is 0 Å². The van der Waals surface area contributed by atoms with Gasteiger partial charge in [-0.15, -0.1) is 0 Å². The summed E-state index contributed by atoms with van der Waals surface area (Å²) >= 11 is 0. The van der Waals surface area contributed by atoms with E-state index in [2.05, 4.69) is 20.8 Å². The molecule has 1 aliphatic rings. The molecule has 5 heteroatoms. The van der Waals surface area contributed by atoms with Crippen molar-refractivity contribution in [2.75, 3.05) is 13.1 Å². The van der Waals surface area contributed by atoms with Gasteiger partial charge in [0.25, 0.3) is 5.91 Å². The third-order valence-corrected chi connectivity index (χ3v) is 4.86. The molecular weight excluding hydrogens is 328 g/mol. The van der Waals surface area contributed by atoms with Crippen molar-refractivity contribution in [3.05, 3.63) is 70.1 Å². The van der Waals surface area contributed by atoms with Crippen molar-refractivity contribution < 1.29 is 9.53 Å². The molecule has 1 aliphatic heterocycles.